The number of halogens is 1. The molecular formula is C23H21FN4O2. The first-order chi connectivity index (χ1) is 14.5. The molecule has 30 heavy (non-hydrogen) atoms. The molecule has 0 fully saturated rings. The molecule has 0 radical (unpaired) electrons. The van der Waals surface area contributed by atoms with Crippen LogP contribution in [-0.2, 0) is 6.61 Å². The summed E-state index contributed by atoms with van der Waals surface area (Å²) in [5.74, 6) is 1.40. The van der Waals surface area contributed by atoms with Gasteiger partial charge in [0.05, 0.1) is 18.5 Å². The van der Waals surface area contributed by atoms with E-state index < -0.39 is 5.95 Å². The second kappa shape index (κ2) is 8.32. The third kappa shape index (κ3) is 4.15. The number of methoxy groups -OCH3 is 1. The molecular weight excluding hydrogens is 383 g/mol. The van der Waals surface area contributed by atoms with E-state index in [-0.39, 0.29) is 0 Å². The Kier molecular flexibility index (Phi) is 5.43. The fourth-order valence-corrected chi connectivity index (χ4v) is 3.07. The molecule has 0 aliphatic rings. The molecule has 4 aromatic rings. The normalized spacial score (nSPS) is 10.8. The fraction of sp³-hybridized carbons (Fsp3) is 0.174. The summed E-state index contributed by atoms with van der Waals surface area (Å²) in [5, 5.41) is 0. The lowest BCUT2D eigenvalue weighted by Crippen LogP contribution is -1.99. The van der Waals surface area contributed by atoms with Gasteiger partial charge in [0.15, 0.2) is 0 Å². The number of hydrogen-bond donors (Lipinski definition) is 1. The Hall–Kier alpha value is -3.74. The molecule has 3 aromatic heterocycles. The van der Waals surface area contributed by atoms with E-state index in [1.165, 1.54) is 12.3 Å². The Morgan fingerprint density at radius 2 is 1.87 bits per heavy atom. The first-order valence-electron chi connectivity index (χ1n) is 9.45. The molecule has 0 aliphatic carbocycles. The average molecular weight is 404 g/mol. The van der Waals surface area contributed by atoms with Gasteiger partial charge in [0.2, 0.25) is 5.95 Å². The Morgan fingerprint density at radius 1 is 1.00 bits per heavy atom. The van der Waals surface area contributed by atoms with Crippen molar-refractivity contribution in [2.24, 2.45) is 0 Å². The van der Waals surface area contributed by atoms with Crippen LogP contribution in [0.15, 0.2) is 54.9 Å². The highest BCUT2D eigenvalue weighted by molar-refractivity contribution is 5.73. The molecule has 152 valence electrons. The van der Waals surface area contributed by atoms with Gasteiger partial charge in [-0.15, -0.1) is 0 Å². The van der Waals surface area contributed by atoms with Crippen molar-refractivity contribution >= 4 is 0 Å². The van der Waals surface area contributed by atoms with Crippen LogP contribution < -0.4 is 9.47 Å². The zero-order valence-corrected chi connectivity index (χ0v) is 16.9. The molecule has 4 rings (SSSR count). The number of nitrogens with one attached hydrogen (secondary N) is 1. The fourth-order valence-electron chi connectivity index (χ4n) is 3.07. The Balaban J connectivity index is 1.58. The SMILES string of the molecule is COc1cc(OCc2ccc(C)cn2)ccc1-c1nc(-c2ccc(F)nc2)[nH]c1C. The van der Waals surface area contributed by atoms with Gasteiger partial charge < -0.3 is 14.5 Å². The molecule has 0 bridgehead atoms. The van der Waals surface area contributed by atoms with E-state index in [2.05, 4.69) is 19.9 Å². The maximum atomic E-state index is 13.1. The second-order valence-corrected chi connectivity index (χ2v) is 6.91. The maximum absolute atomic E-state index is 13.1. The standard InChI is InChI=1S/C23H21FN4O2/c1-14-4-6-17(25-11-14)13-30-18-7-8-19(20(10-18)29-3)22-15(2)27-23(28-22)16-5-9-21(24)26-12-16/h4-12H,13H2,1-3H3,(H,27,28). The van der Waals surface area contributed by atoms with Crippen molar-refractivity contribution < 1.29 is 13.9 Å². The van der Waals surface area contributed by atoms with Crippen molar-refractivity contribution in [1.29, 1.82) is 0 Å². The monoisotopic (exact) mass is 404 g/mol. The minimum absolute atomic E-state index is 0.367. The lowest BCUT2D eigenvalue weighted by molar-refractivity contribution is 0.299. The van der Waals surface area contributed by atoms with E-state index in [1.807, 2.05) is 50.4 Å². The first-order valence-corrected chi connectivity index (χ1v) is 9.45. The van der Waals surface area contributed by atoms with Gasteiger partial charge in [-0.3, -0.25) is 4.98 Å². The summed E-state index contributed by atoms with van der Waals surface area (Å²) in [5.41, 5.74) is 5.10. The highest BCUT2D eigenvalue weighted by Crippen LogP contribution is 2.35. The van der Waals surface area contributed by atoms with E-state index in [0.717, 1.165) is 28.2 Å². The summed E-state index contributed by atoms with van der Waals surface area (Å²) in [6.45, 7) is 4.29. The van der Waals surface area contributed by atoms with Gasteiger partial charge in [-0.1, -0.05) is 6.07 Å². The highest BCUT2D eigenvalue weighted by Gasteiger charge is 2.16. The van der Waals surface area contributed by atoms with Gasteiger partial charge in [-0.25, -0.2) is 9.97 Å². The summed E-state index contributed by atoms with van der Waals surface area (Å²) in [7, 11) is 1.61. The van der Waals surface area contributed by atoms with Crippen LogP contribution in [-0.4, -0.2) is 27.0 Å². The summed E-state index contributed by atoms with van der Waals surface area (Å²) in [6, 6.07) is 12.5. The number of hydrogen-bond acceptors (Lipinski definition) is 5. The van der Waals surface area contributed by atoms with Crippen molar-refractivity contribution in [1.82, 2.24) is 19.9 Å². The molecule has 0 atom stereocenters. The second-order valence-electron chi connectivity index (χ2n) is 6.91. The van der Waals surface area contributed by atoms with E-state index in [4.69, 9.17) is 9.47 Å². The number of rotatable bonds is 6. The number of pyridine rings is 2. The third-order valence-corrected chi connectivity index (χ3v) is 4.67. The summed E-state index contributed by atoms with van der Waals surface area (Å²) in [6.07, 6.45) is 3.27. The van der Waals surface area contributed by atoms with Crippen LogP contribution >= 0.6 is 0 Å². The predicted molar refractivity (Wildman–Crippen MR) is 112 cm³/mol. The number of imidazole rings is 1. The van der Waals surface area contributed by atoms with Crippen LogP contribution in [0.1, 0.15) is 17.0 Å². The molecule has 0 unspecified atom stereocenters. The molecule has 0 amide bonds. The van der Waals surface area contributed by atoms with Gasteiger partial charge >= 0.3 is 0 Å². The molecule has 0 aliphatic heterocycles. The zero-order chi connectivity index (χ0) is 21.1. The van der Waals surface area contributed by atoms with Crippen molar-refractivity contribution in [3.63, 3.8) is 0 Å². The summed E-state index contributed by atoms with van der Waals surface area (Å²) < 4.78 is 24.6. The minimum atomic E-state index is -0.527. The maximum Gasteiger partial charge on any atom is 0.212 e. The largest absolute Gasteiger partial charge is 0.496 e. The van der Waals surface area contributed by atoms with Crippen LogP contribution in [0.2, 0.25) is 0 Å². The van der Waals surface area contributed by atoms with E-state index in [0.29, 0.717) is 29.5 Å². The third-order valence-electron chi connectivity index (χ3n) is 4.67. The van der Waals surface area contributed by atoms with E-state index >= 15 is 0 Å². The van der Waals surface area contributed by atoms with Gasteiger partial charge in [-0.2, -0.15) is 4.39 Å². The van der Waals surface area contributed by atoms with E-state index in [9.17, 15) is 4.39 Å². The number of aryl methyl sites for hydroxylation is 2. The quantitative estimate of drug-likeness (QED) is 0.464. The highest BCUT2D eigenvalue weighted by atomic mass is 19.1. The molecule has 0 spiro atoms. The van der Waals surface area contributed by atoms with Gasteiger partial charge in [0, 0.05) is 35.3 Å². The molecule has 3 heterocycles. The number of ether oxygens (including phenoxy) is 2. The van der Waals surface area contributed by atoms with Crippen LogP contribution in [0, 0.1) is 19.8 Å². The van der Waals surface area contributed by atoms with E-state index in [1.54, 1.807) is 13.2 Å². The molecule has 0 saturated heterocycles. The van der Waals surface area contributed by atoms with Crippen LogP contribution in [0.5, 0.6) is 11.5 Å². The summed E-state index contributed by atoms with van der Waals surface area (Å²) >= 11 is 0. The van der Waals surface area contributed by atoms with Crippen molar-refractivity contribution in [3.8, 4) is 34.1 Å². The summed E-state index contributed by atoms with van der Waals surface area (Å²) in [4.78, 5) is 15.9. The lowest BCUT2D eigenvalue weighted by atomic mass is 10.1. The van der Waals surface area contributed by atoms with Gasteiger partial charge in [0.25, 0.3) is 0 Å². The Morgan fingerprint density at radius 3 is 2.57 bits per heavy atom. The Bertz CT molecular complexity index is 1160. The smallest absolute Gasteiger partial charge is 0.212 e. The van der Waals surface area contributed by atoms with Gasteiger partial charge in [-0.05, 0) is 49.7 Å². The number of aromatic nitrogens is 4. The van der Waals surface area contributed by atoms with Crippen LogP contribution in [0.4, 0.5) is 4.39 Å². The molecule has 7 heteroatoms. The van der Waals surface area contributed by atoms with Crippen LogP contribution in [0.25, 0.3) is 22.6 Å². The Labute approximate surface area is 173 Å². The molecule has 6 nitrogen and oxygen atoms in total. The van der Waals surface area contributed by atoms with Gasteiger partial charge in [0.1, 0.15) is 23.9 Å². The molecule has 1 N–H and O–H groups in total. The number of aromatic amines is 1. The first kappa shape index (κ1) is 19.6. The number of H-pyrrole nitrogens is 1. The van der Waals surface area contributed by atoms with Crippen LogP contribution in [0.3, 0.4) is 0 Å². The van der Waals surface area contributed by atoms with Crippen molar-refractivity contribution in [3.05, 3.63) is 77.8 Å². The van der Waals surface area contributed by atoms with Crippen molar-refractivity contribution in [2.45, 2.75) is 20.5 Å². The molecule has 0 saturated carbocycles. The topological polar surface area (TPSA) is 72.9 Å². The average Bonchev–Trinajstić information content (AvgIpc) is 3.15. The number of nitrogens with zero attached hydrogens (tertiary/aromatic N) is 3. The predicted octanol–water partition coefficient (Wildman–Crippen LogP) is 4.88. The number of benzene rings is 1. The minimum Gasteiger partial charge on any atom is -0.496 e. The van der Waals surface area contributed by atoms with Crippen molar-refractivity contribution in [2.75, 3.05) is 7.11 Å². The zero-order valence-electron chi connectivity index (χ0n) is 16.9. The molecule has 1 aromatic carbocycles. The lowest BCUT2D eigenvalue weighted by Gasteiger charge is -2.11.